The number of amides is 1. The number of ether oxygens (including phenoxy) is 1. The number of rotatable bonds is 10. The number of anilines is 2. The van der Waals surface area contributed by atoms with Gasteiger partial charge in [0.15, 0.2) is 11.0 Å². The van der Waals surface area contributed by atoms with Crippen LogP contribution in [0.15, 0.2) is 114 Å². The van der Waals surface area contributed by atoms with Gasteiger partial charge in [-0.05, 0) is 67.6 Å². The van der Waals surface area contributed by atoms with Crippen LogP contribution in [0.2, 0.25) is 0 Å². The zero-order valence-corrected chi connectivity index (χ0v) is 21.7. The zero-order valence-electron chi connectivity index (χ0n) is 20.9. The summed E-state index contributed by atoms with van der Waals surface area (Å²) in [4.78, 5) is 12.7. The lowest BCUT2D eigenvalue weighted by Crippen LogP contribution is -2.14. The minimum Gasteiger partial charge on any atom is -0.457 e. The van der Waals surface area contributed by atoms with Crippen LogP contribution in [-0.4, -0.2) is 26.4 Å². The molecule has 0 saturated heterocycles. The molecule has 0 bridgehead atoms. The summed E-state index contributed by atoms with van der Waals surface area (Å²) in [6.07, 6.45) is 0. The SMILES string of the molecule is Cc1ccc(NCc2nnc(SCC(=O)Nc3ccc(Oc4ccccc4)cc3)n2-c2ccccc2)cc1. The molecule has 1 aromatic heterocycles. The molecule has 7 nitrogen and oxygen atoms in total. The second kappa shape index (κ2) is 12.1. The Morgan fingerprint density at radius 1 is 0.789 bits per heavy atom. The summed E-state index contributed by atoms with van der Waals surface area (Å²) in [5.74, 6) is 2.28. The van der Waals surface area contributed by atoms with Crippen molar-refractivity contribution < 1.29 is 9.53 Å². The number of para-hydroxylation sites is 2. The molecular formula is C30H27N5O2S. The van der Waals surface area contributed by atoms with E-state index in [-0.39, 0.29) is 11.7 Å². The van der Waals surface area contributed by atoms with E-state index in [1.807, 2.05) is 102 Å². The van der Waals surface area contributed by atoms with Crippen molar-refractivity contribution in [1.29, 1.82) is 0 Å². The van der Waals surface area contributed by atoms with Gasteiger partial charge in [0.25, 0.3) is 0 Å². The minimum absolute atomic E-state index is 0.131. The molecule has 38 heavy (non-hydrogen) atoms. The minimum atomic E-state index is -0.131. The number of benzene rings is 4. The van der Waals surface area contributed by atoms with E-state index in [0.717, 1.165) is 22.9 Å². The maximum Gasteiger partial charge on any atom is 0.234 e. The first-order chi connectivity index (χ1) is 18.6. The van der Waals surface area contributed by atoms with Crippen LogP contribution in [0.5, 0.6) is 11.5 Å². The normalized spacial score (nSPS) is 10.7. The molecule has 0 fully saturated rings. The van der Waals surface area contributed by atoms with Crippen LogP contribution in [0, 0.1) is 6.92 Å². The molecule has 2 N–H and O–H groups in total. The van der Waals surface area contributed by atoms with Gasteiger partial charge < -0.3 is 15.4 Å². The Morgan fingerprint density at radius 3 is 2.13 bits per heavy atom. The predicted octanol–water partition coefficient (Wildman–Crippen LogP) is 6.71. The van der Waals surface area contributed by atoms with E-state index in [0.29, 0.717) is 23.1 Å². The number of aryl methyl sites for hydroxylation is 1. The summed E-state index contributed by atoms with van der Waals surface area (Å²) in [6, 6.07) is 35.0. The monoisotopic (exact) mass is 521 g/mol. The van der Waals surface area contributed by atoms with E-state index < -0.39 is 0 Å². The van der Waals surface area contributed by atoms with Gasteiger partial charge in [-0.3, -0.25) is 9.36 Å². The fraction of sp³-hybridized carbons (Fsp3) is 0.100. The number of aromatic nitrogens is 3. The third kappa shape index (κ3) is 6.60. The van der Waals surface area contributed by atoms with Gasteiger partial charge in [0.1, 0.15) is 11.5 Å². The van der Waals surface area contributed by atoms with Gasteiger partial charge in [-0.1, -0.05) is 65.9 Å². The van der Waals surface area contributed by atoms with Crippen molar-refractivity contribution in [2.75, 3.05) is 16.4 Å². The molecule has 0 aliphatic carbocycles. The number of thioether (sulfide) groups is 1. The van der Waals surface area contributed by atoms with Crippen LogP contribution in [0.3, 0.4) is 0 Å². The van der Waals surface area contributed by atoms with Crippen molar-refractivity contribution >= 4 is 29.0 Å². The second-order valence-corrected chi connectivity index (χ2v) is 9.51. The average molecular weight is 522 g/mol. The first-order valence-corrected chi connectivity index (χ1v) is 13.2. The molecule has 5 aromatic rings. The van der Waals surface area contributed by atoms with Gasteiger partial charge in [-0.15, -0.1) is 10.2 Å². The molecule has 1 heterocycles. The number of hydrogen-bond acceptors (Lipinski definition) is 6. The lowest BCUT2D eigenvalue weighted by Gasteiger charge is -2.12. The first-order valence-electron chi connectivity index (χ1n) is 12.2. The van der Waals surface area contributed by atoms with Gasteiger partial charge >= 0.3 is 0 Å². The molecule has 0 atom stereocenters. The third-order valence-corrected chi connectivity index (χ3v) is 6.60. The highest BCUT2D eigenvalue weighted by Gasteiger charge is 2.16. The Labute approximate surface area is 225 Å². The molecule has 4 aromatic carbocycles. The molecule has 0 aliphatic rings. The molecule has 0 spiro atoms. The quantitative estimate of drug-likeness (QED) is 0.199. The smallest absolute Gasteiger partial charge is 0.234 e. The van der Waals surface area contributed by atoms with Gasteiger partial charge in [0.2, 0.25) is 5.91 Å². The lowest BCUT2D eigenvalue weighted by atomic mass is 10.2. The van der Waals surface area contributed by atoms with Crippen molar-refractivity contribution in [3.05, 3.63) is 121 Å². The lowest BCUT2D eigenvalue weighted by molar-refractivity contribution is -0.113. The maximum absolute atomic E-state index is 12.7. The Morgan fingerprint density at radius 2 is 1.42 bits per heavy atom. The molecule has 5 rings (SSSR count). The molecule has 0 saturated carbocycles. The Hall–Kier alpha value is -4.56. The van der Waals surface area contributed by atoms with E-state index >= 15 is 0 Å². The summed E-state index contributed by atoms with van der Waals surface area (Å²) in [5.41, 5.74) is 3.85. The van der Waals surface area contributed by atoms with E-state index in [1.54, 1.807) is 0 Å². The van der Waals surface area contributed by atoms with Crippen LogP contribution >= 0.6 is 11.8 Å². The highest BCUT2D eigenvalue weighted by molar-refractivity contribution is 7.99. The van der Waals surface area contributed by atoms with Gasteiger partial charge in [0.05, 0.1) is 12.3 Å². The van der Waals surface area contributed by atoms with Crippen LogP contribution in [0.4, 0.5) is 11.4 Å². The molecule has 1 amide bonds. The van der Waals surface area contributed by atoms with Crippen LogP contribution in [0.25, 0.3) is 5.69 Å². The summed E-state index contributed by atoms with van der Waals surface area (Å²) >= 11 is 1.34. The molecule has 0 radical (unpaired) electrons. The summed E-state index contributed by atoms with van der Waals surface area (Å²) in [6.45, 7) is 2.56. The number of nitrogens with one attached hydrogen (secondary N) is 2. The molecule has 190 valence electrons. The standard InChI is InChI=1S/C30H27N5O2S/c1-22-12-14-23(15-13-22)31-20-28-33-34-30(35(28)25-8-4-2-5-9-25)38-21-29(36)32-24-16-18-27(19-17-24)37-26-10-6-3-7-11-26/h2-19,31H,20-21H2,1H3,(H,32,36). The maximum atomic E-state index is 12.7. The Balaban J connectivity index is 1.22. The van der Waals surface area contributed by atoms with Gasteiger partial charge in [-0.25, -0.2) is 0 Å². The fourth-order valence-electron chi connectivity index (χ4n) is 3.76. The van der Waals surface area contributed by atoms with E-state index in [9.17, 15) is 4.79 Å². The highest BCUT2D eigenvalue weighted by atomic mass is 32.2. The van der Waals surface area contributed by atoms with Crippen LogP contribution < -0.4 is 15.4 Å². The number of hydrogen-bond donors (Lipinski definition) is 2. The number of nitrogens with zero attached hydrogens (tertiary/aromatic N) is 3. The molecule has 0 aliphatic heterocycles. The van der Waals surface area contributed by atoms with E-state index in [1.165, 1.54) is 17.3 Å². The van der Waals surface area contributed by atoms with Crippen molar-refractivity contribution in [1.82, 2.24) is 14.8 Å². The Kier molecular flexibility index (Phi) is 8.01. The number of carbonyl (C=O) groups excluding carboxylic acids is 1. The van der Waals surface area contributed by atoms with Gasteiger partial charge in [-0.2, -0.15) is 0 Å². The topological polar surface area (TPSA) is 81.1 Å². The average Bonchev–Trinajstić information content (AvgIpc) is 3.36. The zero-order chi connectivity index (χ0) is 26.2. The highest BCUT2D eigenvalue weighted by Crippen LogP contribution is 2.25. The van der Waals surface area contributed by atoms with Gasteiger partial charge in [0, 0.05) is 17.1 Å². The fourth-order valence-corrected chi connectivity index (χ4v) is 4.53. The van der Waals surface area contributed by atoms with E-state index in [2.05, 4.69) is 39.9 Å². The second-order valence-electron chi connectivity index (χ2n) is 8.57. The summed E-state index contributed by atoms with van der Waals surface area (Å²) < 4.78 is 7.80. The van der Waals surface area contributed by atoms with Crippen LogP contribution in [0.1, 0.15) is 11.4 Å². The molecular weight excluding hydrogens is 494 g/mol. The van der Waals surface area contributed by atoms with Crippen molar-refractivity contribution in [3.8, 4) is 17.2 Å². The summed E-state index contributed by atoms with van der Waals surface area (Å²) in [5, 5.41) is 15.8. The Bertz CT molecular complexity index is 1470. The third-order valence-electron chi connectivity index (χ3n) is 5.67. The van der Waals surface area contributed by atoms with E-state index in [4.69, 9.17) is 4.74 Å². The van der Waals surface area contributed by atoms with Crippen molar-refractivity contribution in [3.63, 3.8) is 0 Å². The number of carbonyl (C=O) groups is 1. The molecule has 0 unspecified atom stereocenters. The molecule has 8 heteroatoms. The summed E-state index contributed by atoms with van der Waals surface area (Å²) in [7, 11) is 0. The van der Waals surface area contributed by atoms with Crippen LogP contribution in [-0.2, 0) is 11.3 Å². The van der Waals surface area contributed by atoms with Crippen molar-refractivity contribution in [2.45, 2.75) is 18.6 Å². The van der Waals surface area contributed by atoms with Crippen molar-refractivity contribution in [2.24, 2.45) is 0 Å². The first kappa shape index (κ1) is 25.1. The predicted molar refractivity (Wildman–Crippen MR) is 152 cm³/mol. The largest absolute Gasteiger partial charge is 0.457 e.